The molecule has 6 rings (SSSR count). The average molecular weight is 655 g/mol. The number of hydrogen-bond donors (Lipinski definition) is 1. The van der Waals surface area contributed by atoms with Gasteiger partial charge in [-0.3, -0.25) is 19.1 Å². The molecule has 1 aliphatic carbocycles. The van der Waals surface area contributed by atoms with E-state index in [1.165, 1.54) is 0 Å². The van der Waals surface area contributed by atoms with E-state index in [-0.39, 0.29) is 41.8 Å². The number of benzene rings is 1. The number of hydrogen-bond acceptors (Lipinski definition) is 7. The van der Waals surface area contributed by atoms with Crippen molar-refractivity contribution < 1.29 is 14.4 Å². The lowest BCUT2D eigenvalue weighted by Gasteiger charge is -2.27. The van der Waals surface area contributed by atoms with Crippen LogP contribution in [-0.2, 0) is 22.6 Å². The van der Waals surface area contributed by atoms with Crippen molar-refractivity contribution in [1.29, 1.82) is 0 Å². The monoisotopic (exact) mass is 653 g/mol. The smallest absolute Gasteiger partial charge is 0.273 e. The number of piperidine rings is 1. The number of carbonyl (C=O) groups excluding carboxylic acids is 3. The Labute approximate surface area is 263 Å². The van der Waals surface area contributed by atoms with Crippen LogP contribution in [0.2, 0.25) is 0 Å². The van der Waals surface area contributed by atoms with Crippen LogP contribution in [0.5, 0.6) is 0 Å². The van der Waals surface area contributed by atoms with E-state index >= 15 is 0 Å². The summed E-state index contributed by atoms with van der Waals surface area (Å²) < 4.78 is 2.21. The number of carbonyl (C=O) groups is 3. The summed E-state index contributed by atoms with van der Waals surface area (Å²) in [4.78, 5) is 55.7. The van der Waals surface area contributed by atoms with E-state index in [1.807, 2.05) is 44.2 Å². The Hall–Kier alpha value is -4.43. The van der Waals surface area contributed by atoms with Crippen molar-refractivity contribution in [2.45, 2.75) is 71.6 Å². The molecule has 11 heteroatoms. The third-order valence-corrected chi connectivity index (χ3v) is 9.21. The minimum absolute atomic E-state index is 0.00488. The van der Waals surface area contributed by atoms with Gasteiger partial charge in [-0.1, -0.05) is 25.0 Å². The molecular formula is C33H32BrN7O3. The highest BCUT2D eigenvalue weighted by atomic mass is 79.9. The SMILES string of the molecule is C#CC(C)NC(=O)c1nn(CC(=O)N2[C@H](C(=O)Cc3nc(Br)ccc3C)C[C@@]3(C)C[C@@H]23)c2ccc(-c3cnc(C)nc3)cc12. The van der Waals surface area contributed by atoms with Crippen molar-refractivity contribution in [2.24, 2.45) is 5.41 Å². The summed E-state index contributed by atoms with van der Waals surface area (Å²) in [5, 5.41) is 7.95. The van der Waals surface area contributed by atoms with Crippen LogP contribution < -0.4 is 5.32 Å². The topological polar surface area (TPSA) is 123 Å². The lowest BCUT2D eigenvalue weighted by molar-refractivity contribution is -0.139. The summed E-state index contributed by atoms with van der Waals surface area (Å²) in [6.07, 6.45) is 10.6. The molecule has 4 atom stereocenters. The van der Waals surface area contributed by atoms with E-state index in [9.17, 15) is 14.4 Å². The number of ketones is 1. The first-order valence-electron chi connectivity index (χ1n) is 14.5. The Morgan fingerprint density at radius 2 is 1.89 bits per heavy atom. The second kappa shape index (κ2) is 11.2. The van der Waals surface area contributed by atoms with Gasteiger partial charge in [0.25, 0.3) is 5.91 Å². The van der Waals surface area contributed by atoms with Crippen LogP contribution in [0.15, 0.2) is 47.3 Å². The molecule has 1 unspecified atom stereocenters. The largest absolute Gasteiger partial charge is 0.337 e. The fraction of sp³-hybridized carbons (Fsp3) is 0.364. The van der Waals surface area contributed by atoms with Crippen LogP contribution in [0.1, 0.15) is 54.3 Å². The molecular weight excluding hydrogens is 622 g/mol. The van der Waals surface area contributed by atoms with Crippen molar-refractivity contribution in [3.05, 3.63) is 70.1 Å². The van der Waals surface area contributed by atoms with Gasteiger partial charge in [0, 0.05) is 29.4 Å². The second-order valence-electron chi connectivity index (χ2n) is 12.1. The van der Waals surface area contributed by atoms with Gasteiger partial charge in [0.2, 0.25) is 5.91 Å². The summed E-state index contributed by atoms with van der Waals surface area (Å²) in [6.45, 7) is 7.45. The molecule has 4 aromatic rings. The summed E-state index contributed by atoms with van der Waals surface area (Å²) in [6, 6.07) is 8.29. The van der Waals surface area contributed by atoms with E-state index in [4.69, 9.17) is 6.42 Å². The minimum atomic E-state index is -0.541. The molecule has 3 aromatic heterocycles. The van der Waals surface area contributed by atoms with Gasteiger partial charge in [0.1, 0.15) is 17.0 Å². The van der Waals surface area contributed by atoms with Crippen LogP contribution in [-0.4, -0.2) is 65.4 Å². The molecule has 2 aliphatic rings. The Bertz CT molecular complexity index is 1860. The van der Waals surface area contributed by atoms with Gasteiger partial charge >= 0.3 is 0 Å². The first-order chi connectivity index (χ1) is 21.0. The van der Waals surface area contributed by atoms with Gasteiger partial charge in [-0.15, -0.1) is 6.42 Å². The molecule has 1 aliphatic heterocycles. The maximum Gasteiger partial charge on any atom is 0.273 e. The standard InChI is InChI=1S/C33H32BrN7O3/c1-6-19(3)37-32(44)31-23-11-21(22-15-35-20(4)36-16-22)8-9-25(23)40(39-31)17-30(43)41-26(13-33(5)14-28(33)41)27(42)12-24-18(2)7-10-29(34)38-24/h1,7-11,15-16,19,26,28H,12-14,17H2,2-5H3,(H,37,44)/t19?,26-,28+,33-/m0/s1. The lowest BCUT2D eigenvalue weighted by Crippen LogP contribution is -2.45. The highest BCUT2D eigenvalue weighted by Gasteiger charge is 2.64. The highest BCUT2D eigenvalue weighted by molar-refractivity contribution is 9.10. The molecule has 2 amide bonds. The minimum Gasteiger partial charge on any atom is -0.337 e. The molecule has 1 aromatic carbocycles. The molecule has 0 bridgehead atoms. The summed E-state index contributed by atoms with van der Waals surface area (Å²) >= 11 is 3.40. The molecule has 44 heavy (non-hydrogen) atoms. The van der Waals surface area contributed by atoms with Gasteiger partial charge in [-0.2, -0.15) is 5.10 Å². The predicted molar refractivity (Wildman–Crippen MR) is 168 cm³/mol. The van der Waals surface area contributed by atoms with E-state index in [0.29, 0.717) is 33.4 Å². The molecule has 1 N–H and O–H groups in total. The van der Waals surface area contributed by atoms with Crippen molar-refractivity contribution >= 4 is 44.4 Å². The quantitative estimate of drug-likeness (QED) is 0.223. The zero-order valence-corrected chi connectivity index (χ0v) is 26.6. The van der Waals surface area contributed by atoms with E-state index in [2.05, 4.69) is 54.1 Å². The van der Waals surface area contributed by atoms with E-state index in [1.54, 1.807) is 28.9 Å². The van der Waals surface area contributed by atoms with Crippen LogP contribution in [0, 0.1) is 31.6 Å². The third-order valence-electron chi connectivity index (χ3n) is 8.77. The highest BCUT2D eigenvalue weighted by Crippen LogP contribution is 2.59. The number of nitrogens with zero attached hydrogens (tertiary/aromatic N) is 6. The molecule has 1 saturated carbocycles. The molecule has 10 nitrogen and oxygen atoms in total. The Kier molecular flexibility index (Phi) is 7.58. The van der Waals surface area contributed by atoms with Gasteiger partial charge in [-0.25, -0.2) is 15.0 Å². The Morgan fingerprint density at radius 3 is 2.61 bits per heavy atom. The number of terminal acetylenes is 1. The summed E-state index contributed by atoms with van der Waals surface area (Å²) in [7, 11) is 0. The number of nitrogens with one attached hydrogen (secondary N) is 1. The zero-order chi connectivity index (χ0) is 31.3. The first kappa shape index (κ1) is 29.6. The molecule has 224 valence electrons. The Morgan fingerprint density at radius 1 is 1.14 bits per heavy atom. The van der Waals surface area contributed by atoms with Crippen LogP contribution in [0.4, 0.5) is 0 Å². The second-order valence-corrected chi connectivity index (χ2v) is 12.9. The first-order valence-corrected chi connectivity index (χ1v) is 15.3. The number of halogens is 1. The van der Waals surface area contributed by atoms with Crippen LogP contribution >= 0.6 is 15.9 Å². The van der Waals surface area contributed by atoms with Crippen molar-refractivity contribution in [2.75, 3.05) is 0 Å². The number of fused-ring (bicyclic) bond motifs is 2. The number of pyridine rings is 1. The normalized spacial score (nSPS) is 21.0. The predicted octanol–water partition coefficient (Wildman–Crippen LogP) is 4.21. The lowest BCUT2D eigenvalue weighted by atomic mass is 9.96. The Balaban J connectivity index is 1.32. The molecule has 2 fully saturated rings. The van der Waals surface area contributed by atoms with Gasteiger partial charge in [0.15, 0.2) is 11.5 Å². The molecule has 1 saturated heterocycles. The summed E-state index contributed by atoms with van der Waals surface area (Å²) in [5.74, 6) is 2.47. The van der Waals surface area contributed by atoms with E-state index < -0.39 is 18.0 Å². The number of Topliss-reactive ketones (excluding diaryl/α,β-unsaturated/α-hetero) is 1. The van der Waals surface area contributed by atoms with Gasteiger partial charge in [0.05, 0.1) is 29.7 Å². The fourth-order valence-corrected chi connectivity index (χ4v) is 6.47. The number of amides is 2. The zero-order valence-electron chi connectivity index (χ0n) is 25.0. The van der Waals surface area contributed by atoms with Crippen LogP contribution in [0.25, 0.3) is 22.0 Å². The van der Waals surface area contributed by atoms with E-state index in [0.717, 1.165) is 23.1 Å². The fourth-order valence-electron chi connectivity index (χ4n) is 6.12. The molecule has 0 spiro atoms. The maximum absolute atomic E-state index is 14.0. The summed E-state index contributed by atoms with van der Waals surface area (Å²) in [5.41, 5.74) is 3.91. The van der Waals surface area contributed by atoms with Crippen molar-refractivity contribution in [3.63, 3.8) is 0 Å². The molecule has 4 heterocycles. The maximum atomic E-state index is 14.0. The van der Waals surface area contributed by atoms with Crippen molar-refractivity contribution in [3.8, 4) is 23.5 Å². The number of aryl methyl sites for hydroxylation is 2. The number of likely N-dealkylation sites (tertiary alicyclic amines) is 1. The number of aromatic nitrogens is 5. The third kappa shape index (κ3) is 5.50. The van der Waals surface area contributed by atoms with Crippen molar-refractivity contribution in [1.82, 2.24) is 34.9 Å². The average Bonchev–Trinajstić information content (AvgIpc) is 3.36. The van der Waals surface area contributed by atoms with Gasteiger partial charge < -0.3 is 10.2 Å². The van der Waals surface area contributed by atoms with Crippen LogP contribution in [0.3, 0.4) is 0 Å². The number of rotatable bonds is 8. The molecule has 0 radical (unpaired) electrons. The van der Waals surface area contributed by atoms with Gasteiger partial charge in [-0.05, 0) is 84.3 Å².